The van der Waals surface area contributed by atoms with Crippen molar-refractivity contribution in [3.63, 3.8) is 0 Å². The zero-order chi connectivity index (χ0) is 51.1. The second-order valence-electron chi connectivity index (χ2n) is 21.8. The lowest BCUT2D eigenvalue weighted by atomic mass is 9.81. The number of hydrogen-bond donors (Lipinski definition) is 5. The third-order valence-electron chi connectivity index (χ3n) is 17.1. The first kappa shape index (κ1) is 53.2. The average Bonchev–Trinajstić information content (AvgIpc) is 3.49. The summed E-state index contributed by atoms with van der Waals surface area (Å²) in [7, 11) is -9.66. The first-order valence-electron chi connectivity index (χ1n) is 26.0. The molecule has 5 N–H and O–H groups in total. The molecule has 19 unspecified atom stereocenters. The summed E-state index contributed by atoms with van der Waals surface area (Å²) in [6.07, 6.45) is -1.74. The van der Waals surface area contributed by atoms with E-state index in [0.717, 1.165) is 32.1 Å². The van der Waals surface area contributed by atoms with E-state index in [0.29, 0.717) is 56.1 Å². The maximum absolute atomic E-state index is 11.9. The third-order valence-corrected chi connectivity index (χ3v) is 18.0. The molecule has 0 aromatic carbocycles. The van der Waals surface area contributed by atoms with Gasteiger partial charge in [0.2, 0.25) is 0 Å². The fourth-order valence-electron chi connectivity index (χ4n) is 13.6. The molecule has 22 nitrogen and oxygen atoms in total. The average molecular weight is 1080 g/mol. The predicted molar refractivity (Wildman–Crippen MR) is 249 cm³/mol. The molecule has 0 spiro atoms. The molecule has 0 aromatic rings. The standard InChI is InChI=1S/C49H70O22S2/c1-4-24(50)22(2)8-9-25(51)47-23(3)14-31-42(69-47)21-45-49(70-31)46(52)48-44(67-45)20-35-27(68-48)7-5-6-26-32(63-35)15-33-28(60-26)10-11-29-34(64-33)16-38-36(61-29)17-40-39(65-38)18-37-41(66-40)19-43(71-73(56,57)58)30(62-37)12-13-59-72(53,54)55/h4,8-9,24-52H,1-3,5-7,10-21H2,(H,53,54,55)(H,56,57,58)/b9-8+/t24?,25-,26+,27?,28-,29?,30-,31?,32?,33?,34?,35?,36?,37?,38?,39?,40?,41?,42?,43?,44?,45?,46-,47+,48?,49+/m1/s1. The van der Waals surface area contributed by atoms with Gasteiger partial charge in [0.25, 0.3) is 0 Å². The largest absolute Gasteiger partial charge is 0.397 e. The molecule has 11 rings (SSSR count). The summed E-state index contributed by atoms with van der Waals surface area (Å²) in [5, 5.41) is 32.9. The van der Waals surface area contributed by atoms with Gasteiger partial charge in [-0.05, 0) is 49.7 Å². The molecule has 26 atom stereocenters. The van der Waals surface area contributed by atoms with Crippen LogP contribution in [0.2, 0.25) is 0 Å². The second kappa shape index (κ2) is 21.4. The zero-order valence-corrected chi connectivity index (χ0v) is 42.1. The van der Waals surface area contributed by atoms with E-state index >= 15 is 0 Å². The molecule has 11 aliphatic rings. The Hall–Kier alpha value is -1.86. The summed E-state index contributed by atoms with van der Waals surface area (Å²) in [6.45, 7) is 11.1. The fraction of sp³-hybridized carbons (Fsp3) is 0.837. The van der Waals surface area contributed by atoms with Crippen molar-refractivity contribution in [1.82, 2.24) is 0 Å². The number of aliphatic hydroxyl groups is 3. The summed E-state index contributed by atoms with van der Waals surface area (Å²) < 4.78 is 147. The van der Waals surface area contributed by atoms with Gasteiger partial charge in [0, 0.05) is 51.4 Å². The van der Waals surface area contributed by atoms with E-state index < -0.39 is 119 Å². The lowest BCUT2D eigenvalue weighted by molar-refractivity contribution is -0.332. The molecule has 0 aliphatic carbocycles. The monoisotopic (exact) mass is 1070 g/mol. The van der Waals surface area contributed by atoms with Crippen molar-refractivity contribution in [3.05, 3.63) is 49.1 Å². The van der Waals surface area contributed by atoms with E-state index in [9.17, 15) is 36.7 Å². The van der Waals surface area contributed by atoms with Gasteiger partial charge < -0.3 is 67.4 Å². The molecule has 11 saturated heterocycles. The Balaban J connectivity index is 0.702. The fourth-order valence-corrected chi connectivity index (χ4v) is 14.4. The molecule has 73 heavy (non-hydrogen) atoms. The van der Waals surface area contributed by atoms with Crippen molar-refractivity contribution >= 4 is 20.8 Å². The van der Waals surface area contributed by atoms with Crippen molar-refractivity contribution in [2.24, 2.45) is 0 Å². The SMILES string of the molecule is C=CC(O)C(=C)/C=C/[C@@H](O)[C@H]1OC2CC3OC4CC5OC6CC7OC8CC9OC%10CC%11O[C@H](CCOS(=O)(=O)O)C(OS(=O)(=O)O)CC%11OC%10CC9OC8CC[C@H]7O[C@H]6CCCC5OC4[C@@H](O)[C@H]3OC2CC1=C. The topological polar surface area (TPSA) is 289 Å². The second-order valence-corrected chi connectivity index (χ2v) is 23.9. The number of rotatable bonds is 11. The van der Waals surface area contributed by atoms with Crippen molar-refractivity contribution in [2.45, 2.75) is 249 Å². The molecule has 0 amide bonds. The maximum Gasteiger partial charge on any atom is 0.397 e. The summed E-state index contributed by atoms with van der Waals surface area (Å²) in [5.41, 5.74) is 1.04. The van der Waals surface area contributed by atoms with E-state index in [-0.39, 0.29) is 80.0 Å². The van der Waals surface area contributed by atoms with Gasteiger partial charge in [0.1, 0.15) is 36.6 Å². The number of hydrogen-bond acceptors (Lipinski definition) is 20. The molecule has 0 bridgehead atoms. The molecule has 11 aliphatic heterocycles. The first-order valence-corrected chi connectivity index (χ1v) is 28.7. The van der Waals surface area contributed by atoms with E-state index in [1.807, 2.05) is 0 Å². The van der Waals surface area contributed by atoms with Crippen LogP contribution in [0, 0.1) is 0 Å². The van der Waals surface area contributed by atoms with Crippen molar-refractivity contribution < 1.29 is 102 Å². The minimum absolute atomic E-state index is 0.0268. The quantitative estimate of drug-likeness (QED) is 0.112. The van der Waals surface area contributed by atoms with Crippen LogP contribution >= 0.6 is 0 Å². The zero-order valence-electron chi connectivity index (χ0n) is 40.5. The summed E-state index contributed by atoms with van der Waals surface area (Å²) in [6, 6.07) is 0. The van der Waals surface area contributed by atoms with Crippen LogP contribution in [0.1, 0.15) is 89.9 Å². The van der Waals surface area contributed by atoms with Crippen molar-refractivity contribution in [1.29, 1.82) is 0 Å². The van der Waals surface area contributed by atoms with Crippen molar-refractivity contribution in [3.8, 4) is 0 Å². The van der Waals surface area contributed by atoms with Gasteiger partial charge in [-0.1, -0.05) is 31.4 Å². The predicted octanol–water partition coefficient (Wildman–Crippen LogP) is 1.83. The van der Waals surface area contributed by atoms with Gasteiger partial charge >= 0.3 is 20.8 Å². The lowest BCUT2D eigenvalue weighted by Crippen LogP contribution is -2.68. The Labute approximate surface area is 425 Å². The molecule has 24 heteroatoms. The van der Waals surface area contributed by atoms with E-state index in [1.54, 1.807) is 6.08 Å². The summed E-state index contributed by atoms with van der Waals surface area (Å²) in [5.74, 6) is 0. The van der Waals surface area contributed by atoms with E-state index in [1.165, 1.54) is 12.2 Å². The van der Waals surface area contributed by atoms with Gasteiger partial charge in [-0.3, -0.25) is 9.11 Å². The van der Waals surface area contributed by atoms with Gasteiger partial charge in [-0.15, -0.1) is 6.58 Å². The molecule has 11 heterocycles. The normalized spacial score (nSPS) is 48.5. The number of ether oxygens (including phenoxy) is 11. The maximum atomic E-state index is 11.9. The van der Waals surface area contributed by atoms with Crippen LogP contribution in [-0.2, 0) is 81.3 Å². The molecule has 410 valence electrons. The van der Waals surface area contributed by atoms with Gasteiger partial charge in [0.15, 0.2) is 0 Å². The highest BCUT2D eigenvalue weighted by atomic mass is 32.3. The summed E-state index contributed by atoms with van der Waals surface area (Å²) >= 11 is 0. The highest BCUT2D eigenvalue weighted by Crippen LogP contribution is 2.48. The van der Waals surface area contributed by atoms with Gasteiger partial charge in [-0.25, -0.2) is 8.37 Å². The molecule has 0 radical (unpaired) electrons. The Bertz CT molecular complexity index is 2280. The minimum atomic E-state index is -4.90. The van der Waals surface area contributed by atoms with Crippen LogP contribution in [0.4, 0.5) is 0 Å². The van der Waals surface area contributed by atoms with E-state index in [2.05, 4.69) is 23.9 Å². The van der Waals surface area contributed by atoms with Crippen LogP contribution < -0.4 is 0 Å². The Morgan fingerprint density at radius 3 is 1.58 bits per heavy atom. The van der Waals surface area contributed by atoms with E-state index in [4.69, 9.17) is 60.8 Å². The van der Waals surface area contributed by atoms with Gasteiger partial charge in [0.05, 0.1) is 129 Å². The van der Waals surface area contributed by atoms with Gasteiger partial charge in [-0.2, -0.15) is 16.8 Å². The summed E-state index contributed by atoms with van der Waals surface area (Å²) in [4.78, 5) is 0. The highest BCUT2D eigenvalue weighted by molar-refractivity contribution is 7.81. The molecule has 0 saturated carbocycles. The Morgan fingerprint density at radius 2 is 1.03 bits per heavy atom. The Morgan fingerprint density at radius 1 is 0.589 bits per heavy atom. The first-order chi connectivity index (χ1) is 34.8. The van der Waals surface area contributed by atoms with Crippen LogP contribution in [-0.4, -0.2) is 207 Å². The lowest BCUT2D eigenvalue weighted by Gasteiger charge is -2.55. The molecular weight excluding hydrogens is 1000 g/mol. The number of fused-ring (bicyclic) bond motifs is 10. The van der Waals surface area contributed by atoms with Crippen molar-refractivity contribution in [2.75, 3.05) is 6.61 Å². The van der Waals surface area contributed by atoms with Crippen LogP contribution in [0.5, 0.6) is 0 Å². The number of aliphatic hydroxyl groups excluding tert-OH is 3. The minimum Gasteiger partial charge on any atom is -0.387 e. The smallest absolute Gasteiger partial charge is 0.387 e. The van der Waals surface area contributed by atoms with Crippen LogP contribution in [0.15, 0.2) is 49.1 Å². The molecular formula is C49H70O22S2. The highest BCUT2D eigenvalue weighted by Gasteiger charge is 2.58. The molecule has 11 fully saturated rings. The van der Waals surface area contributed by atoms with Crippen LogP contribution in [0.25, 0.3) is 0 Å². The Kier molecular flexibility index (Phi) is 15.6. The third kappa shape index (κ3) is 11.5. The van der Waals surface area contributed by atoms with Crippen LogP contribution in [0.3, 0.4) is 0 Å². The molecule has 0 aromatic heterocycles.